The van der Waals surface area contributed by atoms with Crippen LogP contribution in [0.2, 0.25) is 0 Å². The Morgan fingerprint density at radius 2 is 2.00 bits per heavy atom. The predicted molar refractivity (Wildman–Crippen MR) is 104 cm³/mol. The second-order valence-corrected chi connectivity index (χ2v) is 7.02. The zero-order chi connectivity index (χ0) is 18.2. The van der Waals surface area contributed by atoms with Crippen LogP contribution in [-0.4, -0.2) is 29.8 Å². The standard InChI is InChI=1S/C22H20N2O3/c25-16(6-5-15-12-24-19-4-2-1-3-17(15)19)10-20-18-11-22-21(26-13-27-22)9-14(18)7-8-23-20/h1-4,9,11-12,24H,5-8,10,13H2. The van der Waals surface area contributed by atoms with Crippen LogP contribution < -0.4 is 9.47 Å². The molecule has 0 spiro atoms. The maximum atomic E-state index is 12.6. The smallest absolute Gasteiger partial charge is 0.231 e. The lowest BCUT2D eigenvalue weighted by Gasteiger charge is -2.17. The van der Waals surface area contributed by atoms with E-state index in [9.17, 15) is 4.79 Å². The second kappa shape index (κ2) is 6.58. The van der Waals surface area contributed by atoms with E-state index in [1.54, 1.807) is 0 Å². The highest BCUT2D eigenvalue weighted by Gasteiger charge is 2.23. The fraction of sp³-hybridized carbons (Fsp3) is 0.273. The molecule has 0 radical (unpaired) electrons. The zero-order valence-corrected chi connectivity index (χ0v) is 15.0. The van der Waals surface area contributed by atoms with Crippen LogP contribution in [-0.2, 0) is 17.6 Å². The van der Waals surface area contributed by atoms with Crippen LogP contribution in [0.25, 0.3) is 10.9 Å². The minimum absolute atomic E-state index is 0.213. The number of hydrogen-bond acceptors (Lipinski definition) is 4. The maximum Gasteiger partial charge on any atom is 0.231 e. The number of nitrogens with zero attached hydrogens (tertiary/aromatic N) is 1. The van der Waals surface area contributed by atoms with Gasteiger partial charge in [-0.1, -0.05) is 18.2 Å². The van der Waals surface area contributed by atoms with Crippen molar-refractivity contribution < 1.29 is 14.3 Å². The third-order valence-corrected chi connectivity index (χ3v) is 5.31. The minimum atomic E-state index is 0.213. The van der Waals surface area contributed by atoms with Crippen molar-refractivity contribution in [2.75, 3.05) is 13.3 Å². The molecule has 2 aromatic carbocycles. The summed E-state index contributed by atoms with van der Waals surface area (Å²) in [4.78, 5) is 20.5. The molecular formula is C22H20N2O3. The Labute approximate surface area is 157 Å². The average Bonchev–Trinajstić information content (AvgIpc) is 3.31. The van der Waals surface area contributed by atoms with Crippen molar-refractivity contribution in [3.8, 4) is 11.5 Å². The van der Waals surface area contributed by atoms with Crippen LogP contribution in [0.5, 0.6) is 11.5 Å². The van der Waals surface area contributed by atoms with Gasteiger partial charge in [0.15, 0.2) is 11.5 Å². The van der Waals surface area contributed by atoms with E-state index in [4.69, 9.17) is 9.47 Å². The number of para-hydroxylation sites is 1. The van der Waals surface area contributed by atoms with Crippen molar-refractivity contribution in [1.82, 2.24) is 4.98 Å². The second-order valence-electron chi connectivity index (χ2n) is 7.02. The molecule has 0 saturated heterocycles. The van der Waals surface area contributed by atoms with Gasteiger partial charge < -0.3 is 14.5 Å². The summed E-state index contributed by atoms with van der Waals surface area (Å²) in [6, 6.07) is 12.2. The Bertz CT molecular complexity index is 1060. The first-order valence-electron chi connectivity index (χ1n) is 9.31. The highest BCUT2D eigenvalue weighted by atomic mass is 16.7. The van der Waals surface area contributed by atoms with E-state index < -0.39 is 0 Å². The number of aliphatic imine (C=N–C) groups is 1. The van der Waals surface area contributed by atoms with Gasteiger partial charge in [-0.3, -0.25) is 9.79 Å². The summed E-state index contributed by atoms with van der Waals surface area (Å²) in [6.07, 6.45) is 4.50. The summed E-state index contributed by atoms with van der Waals surface area (Å²) in [5.41, 5.74) is 5.40. The number of benzene rings is 2. The summed E-state index contributed by atoms with van der Waals surface area (Å²) in [6.45, 7) is 0.978. The predicted octanol–water partition coefficient (Wildman–Crippen LogP) is 3.83. The van der Waals surface area contributed by atoms with Crippen LogP contribution in [0.3, 0.4) is 0 Å². The molecule has 0 atom stereocenters. The van der Waals surface area contributed by atoms with Crippen LogP contribution in [0.15, 0.2) is 47.6 Å². The number of Topliss-reactive ketones (excluding diaryl/α,β-unsaturated/α-hetero) is 1. The Hall–Kier alpha value is -3.08. The molecule has 2 aliphatic heterocycles. The van der Waals surface area contributed by atoms with E-state index >= 15 is 0 Å². The number of hydrogen-bond donors (Lipinski definition) is 1. The topological polar surface area (TPSA) is 63.7 Å². The fourth-order valence-corrected chi connectivity index (χ4v) is 3.89. The van der Waals surface area contributed by atoms with Crippen LogP contribution in [0, 0.1) is 0 Å². The molecule has 0 aliphatic carbocycles. The Morgan fingerprint density at radius 1 is 1.15 bits per heavy atom. The van der Waals surface area contributed by atoms with Gasteiger partial charge in [-0.25, -0.2) is 0 Å². The van der Waals surface area contributed by atoms with Gasteiger partial charge >= 0.3 is 0 Å². The normalized spacial score (nSPS) is 14.9. The van der Waals surface area contributed by atoms with Crippen molar-refractivity contribution in [2.45, 2.75) is 25.7 Å². The first-order valence-corrected chi connectivity index (χ1v) is 9.31. The number of ketones is 1. The molecule has 1 N–H and O–H groups in total. The first-order chi connectivity index (χ1) is 13.3. The molecule has 5 heteroatoms. The third-order valence-electron chi connectivity index (χ3n) is 5.31. The van der Waals surface area contributed by atoms with E-state index in [0.29, 0.717) is 12.8 Å². The molecule has 0 unspecified atom stereocenters. The molecule has 27 heavy (non-hydrogen) atoms. The van der Waals surface area contributed by atoms with Crippen molar-refractivity contribution in [1.29, 1.82) is 0 Å². The lowest BCUT2D eigenvalue weighted by Crippen LogP contribution is -2.17. The van der Waals surface area contributed by atoms with E-state index in [0.717, 1.165) is 47.7 Å². The molecule has 5 nitrogen and oxygen atoms in total. The molecule has 0 fully saturated rings. The number of rotatable bonds is 5. The van der Waals surface area contributed by atoms with Crippen molar-refractivity contribution in [2.24, 2.45) is 4.99 Å². The Morgan fingerprint density at radius 3 is 2.93 bits per heavy atom. The van der Waals surface area contributed by atoms with Gasteiger partial charge in [-0.2, -0.15) is 0 Å². The maximum absolute atomic E-state index is 12.6. The molecule has 0 saturated carbocycles. The van der Waals surface area contributed by atoms with Gasteiger partial charge in [0.25, 0.3) is 0 Å². The lowest BCUT2D eigenvalue weighted by molar-refractivity contribution is -0.117. The Balaban J connectivity index is 1.30. The van der Waals surface area contributed by atoms with Gasteiger partial charge in [-0.15, -0.1) is 0 Å². The monoisotopic (exact) mass is 360 g/mol. The van der Waals surface area contributed by atoms with Crippen molar-refractivity contribution >= 4 is 22.4 Å². The van der Waals surface area contributed by atoms with Crippen LogP contribution >= 0.6 is 0 Å². The molecule has 2 aliphatic rings. The quantitative estimate of drug-likeness (QED) is 0.752. The van der Waals surface area contributed by atoms with E-state index in [2.05, 4.69) is 22.1 Å². The van der Waals surface area contributed by atoms with Gasteiger partial charge in [0, 0.05) is 47.8 Å². The molecule has 0 bridgehead atoms. The Kier molecular flexibility index (Phi) is 3.93. The van der Waals surface area contributed by atoms with E-state index in [-0.39, 0.29) is 12.6 Å². The first kappa shape index (κ1) is 16.1. The van der Waals surface area contributed by atoms with Crippen molar-refractivity contribution in [3.05, 3.63) is 59.3 Å². The zero-order valence-electron chi connectivity index (χ0n) is 15.0. The summed E-state index contributed by atoms with van der Waals surface area (Å²) in [7, 11) is 0. The fourth-order valence-electron chi connectivity index (χ4n) is 3.89. The van der Waals surface area contributed by atoms with Gasteiger partial charge in [-0.05, 0) is 42.2 Å². The highest BCUT2D eigenvalue weighted by molar-refractivity contribution is 6.12. The number of carbonyl (C=O) groups excluding carboxylic acids is 1. The number of aryl methyl sites for hydroxylation is 1. The van der Waals surface area contributed by atoms with E-state index in [1.807, 2.05) is 30.5 Å². The number of fused-ring (bicyclic) bond motifs is 3. The largest absolute Gasteiger partial charge is 0.454 e. The number of carbonyl (C=O) groups is 1. The van der Waals surface area contributed by atoms with Gasteiger partial charge in [0.2, 0.25) is 6.79 Å². The molecule has 136 valence electrons. The molecule has 3 aromatic rings. The molecular weight excluding hydrogens is 340 g/mol. The molecule has 1 aromatic heterocycles. The molecule has 5 rings (SSSR count). The number of nitrogens with one attached hydrogen (secondary N) is 1. The molecule has 0 amide bonds. The molecule has 3 heterocycles. The summed E-state index contributed by atoms with van der Waals surface area (Å²) >= 11 is 0. The summed E-state index contributed by atoms with van der Waals surface area (Å²) < 4.78 is 11.0. The number of H-pyrrole nitrogens is 1. The highest BCUT2D eigenvalue weighted by Crippen LogP contribution is 2.36. The van der Waals surface area contributed by atoms with Crippen LogP contribution in [0.1, 0.15) is 29.5 Å². The average molecular weight is 360 g/mol. The number of ether oxygens (including phenoxy) is 2. The summed E-state index contributed by atoms with van der Waals surface area (Å²) in [5.74, 6) is 1.75. The van der Waals surface area contributed by atoms with Gasteiger partial charge in [0.1, 0.15) is 5.78 Å². The number of aromatic nitrogens is 1. The van der Waals surface area contributed by atoms with Crippen molar-refractivity contribution in [3.63, 3.8) is 0 Å². The third kappa shape index (κ3) is 2.99. The SMILES string of the molecule is O=C(CCc1c[nH]c2ccccc12)CC1=NCCc2cc3c(cc21)OCO3. The summed E-state index contributed by atoms with van der Waals surface area (Å²) in [5, 5.41) is 1.19. The van der Waals surface area contributed by atoms with Crippen LogP contribution in [0.4, 0.5) is 0 Å². The van der Waals surface area contributed by atoms with E-state index in [1.165, 1.54) is 16.5 Å². The van der Waals surface area contributed by atoms with Gasteiger partial charge in [0.05, 0.1) is 0 Å². The number of aromatic amines is 1. The minimum Gasteiger partial charge on any atom is -0.454 e. The lowest BCUT2D eigenvalue weighted by atomic mass is 9.93.